The number of hydrogen-bond donors (Lipinski definition) is 1. The van der Waals surface area contributed by atoms with Gasteiger partial charge >= 0.3 is 12.2 Å². The van der Waals surface area contributed by atoms with Crippen LogP contribution in [0.1, 0.15) is 43.7 Å². The van der Waals surface area contributed by atoms with Crippen LogP contribution in [-0.2, 0) is 17.4 Å². The molecule has 0 bridgehead atoms. The molecule has 3 heterocycles. The molecule has 0 radical (unpaired) electrons. The van der Waals surface area contributed by atoms with E-state index in [9.17, 15) is 18.0 Å². The van der Waals surface area contributed by atoms with Crippen molar-refractivity contribution in [2.24, 2.45) is 0 Å². The highest BCUT2D eigenvalue weighted by molar-refractivity contribution is 5.95. The van der Waals surface area contributed by atoms with Gasteiger partial charge in [-0.25, -0.2) is 4.98 Å². The minimum Gasteiger partial charge on any atom is -0.368 e. The van der Waals surface area contributed by atoms with Crippen molar-refractivity contribution >= 4 is 11.7 Å². The normalized spacial score (nSPS) is 20.6. The summed E-state index contributed by atoms with van der Waals surface area (Å²) in [6.07, 6.45) is 7.65. The molecule has 198 valence electrons. The maximum Gasteiger partial charge on any atom is 0.417 e. The van der Waals surface area contributed by atoms with Gasteiger partial charge < -0.3 is 10.2 Å². The predicted octanol–water partition coefficient (Wildman–Crippen LogP) is 6.43. The van der Waals surface area contributed by atoms with Crippen LogP contribution in [0, 0.1) is 6.07 Å². The number of carbonyl (C=O) groups excluding carboxylic acids is 1. The zero-order valence-electron chi connectivity index (χ0n) is 21.3. The van der Waals surface area contributed by atoms with Crippen molar-refractivity contribution in [2.75, 3.05) is 18.4 Å². The minimum atomic E-state index is -4.43. The molecule has 0 saturated carbocycles. The third-order valence-electron chi connectivity index (χ3n) is 6.58. The van der Waals surface area contributed by atoms with E-state index in [2.05, 4.69) is 27.4 Å². The van der Waals surface area contributed by atoms with E-state index in [-0.39, 0.29) is 11.9 Å². The van der Waals surface area contributed by atoms with Crippen molar-refractivity contribution in [2.45, 2.75) is 51.2 Å². The summed E-state index contributed by atoms with van der Waals surface area (Å²) in [5, 5.41) is 4.85. The molecule has 2 aromatic rings. The van der Waals surface area contributed by atoms with Crippen molar-refractivity contribution in [3.63, 3.8) is 0 Å². The van der Waals surface area contributed by atoms with Crippen molar-refractivity contribution in [1.29, 1.82) is 0 Å². The maximum atomic E-state index is 14.1. The topological polar surface area (TPSA) is 52.8 Å². The van der Waals surface area contributed by atoms with E-state index in [4.69, 9.17) is 0 Å². The third-order valence-corrected chi connectivity index (χ3v) is 6.58. The zero-order valence-corrected chi connectivity index (χ0v) is 21.3. The van der Waals surface area contributed by atoms with Gasteiger partial charge in [-0.3, -0.25) is 4.79 Å². The number of anilines is 1. The first-order valence-corrected chi connectivity index (χ1v) is 12.7. The Morgan fingerprint density at radius 1 is 1.18 bits per heavy atom. The minimum absolute atomic E-state index is 0.0530. The van der Waals surface area contributed by atoms with Crippen molar-refractivity contribution in [1.82, 2.24) is 14.9 Å². The van der Waals surface area contributed by atoms with Crippen molar-refractivity contribution in [3.05, 3.63) is 100 Å². The number of alkyl halides is 3. The van der Waals surface area contributed by atoms with Gasteiger partial charge in [-0.2, -0.15) is 13.2 Å². The van der Waals surface area contributed by atoms with Gasteiger partial charge in [-0.1, -0.05) is 42.5 Å². The molecule has 1 atom stereocenters. The molecule has 6 nitrogen and oxygen atoms in total. The van der Waals surface area contributed by atoms with Gasteiger partial charge in [-0.15, -0.1) is 0 Å². The van der Waals surface area contributed by atoms with Crippen LogP contribution in [0.15, 0.2) is 84.4 Å². The summed E-state index contributed by atoms with van der Waals surface area (Å²) in [4.78, 5) is 24.3. The van der Waals surface area contributed by atoms with Gasteiger partial charge in [0.25, 0.3) is 5.91 Å². The molecule has 0 spiro atoms. The third kappa shape index (κ3) is 6.82. The molecule has 1 fully saturated rings. The van der Waals surface area contributed by atoms with E-state index in [1.54, 1.807) is 11.9 Å². The molecule has 2 aliphatic rings. The molecule has 2 aliphatic heterocycles. The lowest BCUT2D eigenvalue weighted by Gasteiger charge is -2.27. The number of halogens is 3. The summed E-state index contributed by atoms with van der Waals surface area (Å²) in [5.74, 6) is 0.291. The molecule has 1 N–H and O–H groups in total. The van der Waals surface area contributed by atoms with Crippen LogP contribution in [0.2, 0.25) is 0 Å². The Hall–Kier alpha value is -4.06. The van der Waals surface area contributed by atoms with Gasteiger partial charge in [0, 0.05) is 37.3 Å². The van der Waals surface area contributed by atoms with E-state index in [0.717, 1.165) is 42.8 Å². The summed E-state index contributed by atoms with van der Waals surface area (Å²) in [6, 6.07) is 14.9. The molecule has 4 rings (SSSR count). The van der Waals surface area contributed by atoms with E-state index < -0.39 is 11.7 Å². The second-order valence-electron chi connectivity index (χ2n) is 9.17. The molecule has 9 heteroatoms. The number of hydrogen-bond acceptors (Lipinski definition) is 4. The quantitative estimate of drug-likeness (QED) is 0.444. The average molecular weight is 523 g/mol. The summed E-state index contributed by atoms with van der Waals surface area (Å²) >= 11 is 0. The monoisotopic (exact) mass is 522 g/mol. The predicted molar refractivity (Wildman–Crippen MR) is 142 cm³/mol. The van der Waals surface area contributed by atoms with Gasteiger partial charge in [0.1, 0.15) is 11.5 Å². The van der Waals surface area contributed by atoms with Crippen LogP contribution in [0.5, 0.6) is 0 Å². The van der Waals surface area contributed by atoms with E-state index in [1.807, 2.05) is 53.6 Å². The standard InChI is InChI=1S/C29H31F3N5O/c1-2-35-37-18-9-4-3-8-14-26(37)25(19-22-11-6-5-7-12-22)28(38)36-17-10-13-24(36)21-34-27-16-15-23(20-33-27)29(30,31)32/h3-7,9,11-12,15-16,18,20,24H,8,10,13-14,17,19,21H2,1H3,(H,33,34)/q+1/b4-3-,18-9-,26-25+/t24-/m0/s1. The lowest BCUT2D eigenvalue weighted by atomic mass is 9.98. The van der Waals surface area contributed by atoms with Gasteiger partial charge in [0.05, 0.1) is 23.6 Å². The number of rotatable bonds is 6. The smallest absolute Gasteiger partial charge is 0.368 e. The number of pyridine rings is 1. The summed E-state index contributed by atoms with van der Waals surface area (Å²) in [6.45, 7) is 2.72. The molecule has 38 heavy (non-hydrogen) atoms. The van der Waals surface area contributed by atoms with Crippen LogP contribution in [0.4, 0.5) is 19.0 Å². The number of benzene rings is 1. The number of nitrogens with zero attached hydrogens (tertiary/aromatic N) is 4. The Kier molecular flexibility index (Phi) is 8.85. The highest BCUT2D eigenvalue weighted by Gasteiger charge is 2.34. The van der Waals surface area contributed by atoms with Crippen LogP contribution in [0.3, 0.4) is 0 Å². The zero-order chi connectivity index (χ0) is 27.0. The van der Waals surface area contributed by atoms with E-state index >= 15 is 0 Å². The lowest BCUT2D eigenvalue weighted by Crippen LogP contribution is -2.41. The largest absolute Gasteiger partial charge is 0.417 e. The fraction of sp³-hybridized carbons (Fsp3) is 0.345. The van der Waals surface area contributed by atoms with Crippen LogP contribution < -0.4 is 5.32 Å². The number of likely N-dealkylation sites (tertiary alicyclic amines) is 1. The number of allylic oxidation sites excluding steroid dienone is 4. The van der Waals surface area contributed by atoms with Gasteiger partial charge in [0.15, 0.2) is 0 Å². The van der Waals surface area contributed by atoms with Gasteiger partial charge in [0.2, 0.25) is 0 Å². The fourth-order valence-electron chi connectivity index (χ4n) is 4.70. The van der Waals surface area contributed by atoms with Crippen molar-refractivity contribution in [3.8, 4) is 6.07 Å². The van der Waals surface area contributed by atoms with Gasteiger partial charge in [-0.05, 0) is 54.5 Å². The Bertz CT molecular complexity index is 1260. The first-order chi connectivity index (χ1) is 18.4. The molecular weight excluding hydrogens is 491 g/mol. The van der Waals surface area contributed by atoms with Crippen LogP contribution >= 0.6 is 0 Å². The van der Waals surface area contributed by atoms with Crippen LogP contribution in [0.25, 0.3) is 4.95 Å². The Morgan fingerprint density at radius 2 is 2.00 bits per heavy atom. The molecule has 1 saturated heterocycles. The lowest BCUT2D eigenvalue weighted by molar-refractivity contribution is -0.137. The molecule has 1 aromatic heterocycles. The summed E-state index contributed by atoms with van der Waals surface area (Å²) in [5.41, 5.74) is 1.74. The highest BCUT2D eigenvalue weighted by atomic mass is 19.4. The summed E-state index contributed by atoms with van der Waals surface area (Å²) in [7, 11) is 0. The number of carbonyl (C=O) groups is 1. The number of aromatic nitrogens is 1. The molecule has 0 unspecified atom stereocenters. The second kappa shape index (κ2) is 12.5. The molecule has 0 aliphatic carbocycles. The highest BCUT2D eigenvalue weighted by Crippen LogP contribution is 2.30. The van der Waals surface area contributed by atoms with E-state index in [1.165, 1.54) is 6.07 Å². The maximum absolute atomic E-state index is 14.1. The fourth-order valence-corrected chi connectivity index (χ4v) is 4.70. The number of nitrogens with one attached hydrogen (secondary N) is 1. The van der Waals surface area contributed by atoms with Crippen LogP contribution in [-0.4, -0.2) is 39.9 Å². The SMILES string of the molecule is CC#[N+]N1/C=C\C=C/CC/C1=C(/Cc1ccccc1)C(=O)N1CCC[C@H]1CNc1ccc(C(F)(F)F)cn1. The van der Waals surface area contributed by atoms with E-state index in [0.29, 0.717) is 37.3 Å². The summed E-state index contributed by atoms with van der Waals surface area (Å²) < 4.78 is 38.6. The molecular formula is C29H31F3N5O+. The van der Waals surface area contributed by atoms with Crippen molar-refractivity contribution < 1.29 is 18.0 Å². The number of amides is 1. The molecule has 1 aromatic carbocycles. The molecule has 1 amide bonds. The Labute approximate surface area is 220 Å². The average Bonchev–Trinajstić information content (AvgIpc) is 3.37. The first kappa shape index (κ1) is 27.0. The first-order valence-electron chi connectivity index (χ1n) is 12.7. The Balaban J connectivity index is 1.59. The second-order valence-corrected chi connectivity index (χ2v) is 9.17. The Morgan fingerprint density at radius 3 is 2.71 bits per heavy atom.